The number of aliphatic imine (C=N–C) groups is 1. The lowest BCUT2D eigenvalue weighted by molar-refractivity contribution is 0.0439. The van der Waals surface area contributed by atoms with Crippen LogP contribution < -0.4 is 0 Å². The molecule has 0 radical (unpaired) electrons. The number of thioether (sulfide) groups is 2. The fraction of sp³-hybridized carbons (Fsp3) is 0.211. The lowest BCUT2D eigenvalue weighted by Crippen LogP contribution is -2.08. The molecule has 0 amide bonds. The second-order valence-corrected chi connectivity index (χ2v) is 7.90. The lowest BCUT2D eigenvalue weighted by atomic mass is 10.1. The highest BCUT2D eigenvalue weighted by Gasteiger charge is 2.16. The predicted octanol–water partition coefficient (Wildman–Crippen LogP) is 4.52. The number of carbonyl (C=O) groups is 1. The van der Waals surface area contributed by atoms with Crippen LogP contribution in [-0.2, 0) is 17.1 Å². The molecule has 26 heavy (non-hydrogen) atoms. The van der Waals surface area contributed by atoms with Crippen LogP contribution in [0, 0.1) is 0 Å². The summed E-state index contributed by atoms with van der Waals surface area (Å²) in [5.74, 6) is 1.75. The second kappa shape index (κ2) is 7.97. The molecule has 2 heterocycles. The van der Waals surface area contributed by atoms with Crippen LogP contribution >= 0.6 is 23.5 Å². The zero-order valence-corrected chi connectivity index (χ0v) is 15.5. The molecule has 132 valence electrons. The topological polar surface area (TPSA) is 64.7 Å². The van der Waals surface area contributed by atoms with Crippen LogP contribution in [0.5, 0.6) is 0 Å². The molecule has 0 spiro atoms. The third-order valence-corrected chi connectivity index (χ3v) is 6.11. The van der Waals surface area contributed by atoms with E-state index >= 15 is 0 Å². The van der Waals surface area contributed by atoms with Crippen molar-refractivity contribution in [3.8, 4) is 0 Å². The van der Waals surface area contributed by atoms with Gasteiger partial charge in [0.15, 0.2) is 12.2 Å². The highest BCUT2D eigenvalue weighted by Crippen LogP contribution is 2.27. The van der Waals surface area contributed by atoms with Crippen LogP contribution in [0.15, 0.2) is 57.9 Å². The highest BCUT2D eigenvalue weighted by molar-refractivity contribution is 8.38. The first kappa shape index (κ1) is 17.2. The Morgan fingerprint density at radius 2 is 2.04 bits per heavy atom. The van der Waals surface area contributed by atoms with Gasteiger partial charge in [0.2, 0.25) is 5.89 Å². The summed E-state index contributed by atoms with van der Waals surface area (Å²) < 4.78 is 12.1. The summed E-state index contributed by atoms with van der Waals surface area (Å²) in [4.78, 5) is 21.3. The molecular weight excluding hydrogens is 368 g/mol. The number of oxazole rings is 1. The summed E-state index contributed by atoms with van der Waals surface area (Å²) in [7, 11) is 0. The van der Waals surface area contributed by atoms with E-state index in [-0.39, 0.29) is 12.6 Å². The monoisotopic (exact) mass is 384 g/mol. The molecule has 0 aliphatic carbocycles. The van der Waals surface area contributed by atoms with Crippen LogP contribution in [0.4, 0.5) is 0 Å². The van der Waals surface area contributed by atoms with Crippen molar-refractivity contribution in [3.05, 3.63) is 65.5 Å². The molecule has 5 nitrogen and oxygen atoms in total. The summed E-state index contributed by atoms with van der Waals surface area (Å²) in [6.45, 7) is 0.888. The van der Waals surface area contributed by atoms with Crippen molar-refractivity contribution < 1.29 is 13.9 Å². The first-order valence-electron chi connectivity index (χ1n) is 8.19. The molecule has 1 aromatic heterocycles. The van der Waals surface area contributed by atoms with Gasteiger partial charge in [0.05, 0.1) is 12.1 Å². The van der Waals surface area contributed by atoms with Crippen molar-refractivity contribution in [2.45, 2.75) is 12.4 Å². The van der Waals surface area contributed by atoms with Crippen LogP contribution in [0.3, 0.4) is 0 Å². The average Bonchev–Trinajstić information content (AvgIpc) is 3.33. The number of hydrogen-bond donors (Lipinski definition) is 0. The molecule has 7 heteroatoms. The smallest absolute Gasteiger partial charge is 0.338 e. The van der Waals surface area contributed by atoms with Gasteiger partial charge >= 0.3 is 5.97 Å². The Morgan fingerprint density at radius 3 is 2.88 bits per heavy atom. The van der Waals surface area contributed by atoms with Gasteiger partial charge in [-0.2, -0.15) is 0 Å². The maximum Gasteiger partial charge on any atom is 0.338 e. The van der Waals surface area contributed by atoms with Crippen LogP contribution in [0.25, 0.3) is 11.1 Å². The maximum atomic E-state index is 12.5. The number of benzene rings is 2. The zero-order valence-electron chi connectivity index (χ0n) is 13.9. The van der Waals surface area contributed by atoms with E-state index in [0.29, 0.717) is 22.8 Å². The van der Waals surface area contributed by atoms with Gasteiger partial charge in [0, 0.05) is 11.5 Å². The first-order chi connectivity index (χ1) is 12.8. The first-order valence-corrected chi connectivity index (χ1v) is 10.2. The molecule has 0 saturated heterocycles. The minimum Gasteiger partial charge on any atom is -0.452 e. The van der Waals surface area contributed by atoms with Gasteiger partial charge in [-0.25, -0.2) is 9.78 Å². The maximum absolute atomic E-state index is 12.5. The van der Waals surface area contributed by atoms with Gasteiger partial charge in [-0.05, 0) is 23.8 Å². The van der Waals surface area contributed by atoms with Gasteiger partial charge in [-0.3, -0.25) is 4.99 Å². The normalized spacial score (nSPS) is 13.8. The number of para-hydroxylation sites is 2. The summed E-state index contributed by atoms with van der Waals surface area (Å²) in [5, 5.41) is 0. The van der Waals surface area contributed by atoms with Crippen molar-refractivity contribution >= 4 is 45.0 Å². The van der Waals surface area contributed by atoms with E-state index < -0.39 is 0 Å². The Bertz CT molecular complexity index is 935. The minimum absolute atomic E-state index is 0.0115. The molecule has 2 aromatic carbocycles. The second-order valence-electron chi connectivity index (χ2n) is 5.59. The third kappa shape index (κ3) is 3.94. The summed E-state index contributed by atoms with van der Waals surface area (Å²) >= 11 is 3.42. The number of ether oxygens (including phenoxy) is 1. The number of nitrogens with zero attached hydrogens (tertiary/aromatic N) is 2. The van der Waals surface area contributed by atoms with E-state index in [0.717, 1.165) is 27.8 Å². The summed E-state index contributed by atoms with van der Waals surface area (Å²) in [6.07, 6.45) is 0. The van der Waals surface area contributed by atoms with E-state index in [1.54, 1.807) is 29.6 Å². The Labute approximate surface area is 159 Å². The average molecular weight is 384 g/mol. The standard InChI is InChI=1S/C19H16N2O3S2/c22-18(23-11-17-21-15-7-3-4-8-16(15)24-17)14-6-2-1-5-13(14)12-26-19-20-9-10-25-19/h1-8H,9-12H2. The van der Waals surface area contributed by atoms with Crippen molar-refractivity contribution in [1.82, 2.24) is 4.98 Å². The van der Waals surface area contributed by atoms with Gasteiger partial charge in [0.25, 0.3) is 0 Å². The van der Waals surface area contributed by atoms with Crippen LogP contribution in [-0.4, -0.2) is 27.6 Å². The minimum atomic E-state index is -0.371. The SMILES string of the molecule is O=C(OCc1nc2ccccc2o1)c1ccccc1CSC1=NCCS1. The molecule has 0 unspecified atom stereocenters. The van der Waals surface area contributed by atoms with E-state index in [4.69, 9.17) is 9.15 Å². The van der Waals surface area contributed by atoms with Gasteiger partial charge < -0.3 is 9.15 Å². The number of esters is 1. The number of aromatic nitrogens is 1. The van der Waals surface area contributed by atoms with Crippen molar-refractivity contribution in [3.63, 3.8) is 0 Å². The molecule has 1 aliphatic heterocycles. The van der Waals surface area contributed by atoms with Gasteiger partial charge in [-0.1, -0.05) is 53.9 Å². The van der Waals surface area contributed by atoms with Crippen LogP contribution in [0.2, 0.25) is 0 Å². The summed E-state index contributed by atoms with van der Waals surface area (Å²) in [6, 6.07) is 15.0. The Kier molecular flexibility index (Phi) is 5.26. The number of hydrogen-bond acceptors (Lipinski definition) is 7. The Morgan fingerprint density at radius 1 is 1.19 bits per heavy atom. The molecular formula is C19H16N2O3S2. The van der Waals surface area contributed by atoms with E-state index in [1.807, 2.05) is 42.5 Å². The van der Waals surface area contributed by atoms with Crippen molar-refractivity contribution in [1.29, 1.82) is 0 Å². The molecule has 0 N–H and O–H groups in total. The van der Waals surface area contributed by atoms with Crippen LogP contribution in [0.1, 0.15) is 21.8 Å². The number of fused-ring (bicyclic) bond motifs is 1. The highest BCUT2D eigenvalue weighted by atomic mass is 32.2. The Hall–Kier alpha value is -2.25. The molecule has 0 bridgehead atoms. The van der Waals surface area contributed by atoms with Crippen molar-refractivity contribution in [2.24, 2.45) is 4.99 Å². The van der Waals surface area contributed by atoms with Crippen molar-refractivity contribution in [2.75, 3.05) is 12.3 Å². The predicted molar refractivity (Wildman–Crippen MR) is 106 cm³/mol. The van der Waals surface area contributed by atoms with E-state index in [2.05, 4.69) is 9.98 Å². The van der Waals surface area contributed by atoms with E-state index in [9.17, 15) is 4.79 Å². The number of carbonyl (C=O) groups excluding carboxylic acids is 1. The van der Waals surface area contributed by atoms with E-state index in [1.165, 1.54) is 0 Å². The number of rotatable bonds is 5. The molecule has 0 atom stereocenters. The molecule has 0 saturated carbocycles. The molecule has 0 fully saturated rings. The van der Waals surface area contributed by atoms with Gasteiger partial charge in [0.1, 0.15) is 9.89 Å². The molecule has 4 rings (SSSR count). The molecule has 3 aromatic rings. The fourth-order valence-corrected chi connectivity index (χ4v) is 4.59. The van der Waals surface area contributed by atoms with Gasteiger partial charge in [-0.15, -0.1) is 0 Å². The zero-order chi connectivity index (χ0) is 17.8. The third-order valence-electron chi connectivity index (χ3n) is 3.81. The Balaban J connectivity index is 1.42. The quantitative estimate of drug-likeness (QED) is 0.603. The summed E-state index contributed by atoms with van der Waals surface area (Å²) in [5.41, 5.74) is 2.95. The lowest BCUT2D eigenvalue weighted by Gasteiger charge is -2.08. The fourth-order valence-electron chi connectivity index (χ4n) is 2.57. The molecule has 1 aliphatic rings. The largest absolute Gasteiger partial charge is 0.452 e.